The van der Waals surface area contributed by atoms with Gasteiger partial charge in [-0.25, -0.2) is 8.78 Å². The van der Waals surface area contributed by atoms with Crippen molar-refractivity contribution in [3.8, 4) is 0 Å². The van der Waals surface area contributed by atoms with Crippen molar-refractivity contribution >= 4 is 17.1 Å². The van der Waals surface area contributed by atoms with Gasteiger partial charge in [-0.1, -0.05) is 0 Å². The number of pyridine rings is 1. The van der Waals surface area contributed by atoms with Crippen molar-refractivity contribution in [2.24, 2.45) is 0 Å². The lowest BCUT2D eigenvalue weighted by atomic mass is 10.2. The molecule has 8 heteroatoms. The van der Waals surface area contributed by atoms with Crippen molar-refractivity contribution in [3.63, 3.8) is 0 Å². The number of aromatic nitrogens is 1. The molecule has 2 aromatic rings. The Hall–Kier alpha value is -2.77. The highest BCUT2D eigenvalue weighted by Crippen LogP contribution is 2.27. The second-order valence-corrected chi connectivity index (χ2v) is 3.61. The number of nitrogens with one attached hydrogen (secondary N) is 1. The van der Waals surface area contributed by atoms with Crippen molar-refractivity contribution in [2.45, 2.75) is 0 Å². The third-order valence-corrected chi connectivity index (χ3v) is 2.31. The number of hydrogen-bond donors (Lipinski definition) is 1. The molecule has 19 heavy (non-hydrogen) atoms. The van der Waals surface area contributed by atoms with E-state index < -0.39 is 22.2 Å². The first-order valence-electron chi connectivity index (χ1n) is 5.06. The van der Waals surface area contributed by atoms with Crippen molar-refractivity contribution in [1.82, 2.24) is 0 Å². The van der Waals surface area contributed by atoms with Crippen LogP contribution in [0.1, 0.15) is 0 Å². The molecule has 0 radical (unpaired) electrons. The van der Waals surface area contributed by atoms with E-state index in [0.717, 1.165) is 30.6 Å². The van der Waals surface area contributed by atoms with Crippen molar-refractivity contribution in [3.05, 3.63) is 63.6 Å². The predicted molar refractivity (Wildman–Crippen MR) is 61.7 cm³/mol. The summed E-state index contributed by atoms with van der Waals surface area (Å²) < 4.78 is 26.5. The molecule has 0 aliphatic carbocycles. The summed E-state index contributed by atoms with van der Waals surface area (Å²) in [4.78, 5) is 10.0. The summed E-state index contributed by atoms with van der Waals surface area (Å²) in [6, 6.07) is 3.68. The first-order chi connectivity index (χ1) is 8.97. The second kappa shape index (κ2) is 4.84. The zero-order valence-electron chi connectivity index (χ0n) is 9.34. The molecule has 0 amide bonds. The molecule has 0 fully saturated rings. The Morgan fingerprint density at radius 1 is 1.21 bits per heavy atom. The Labute approximate surface area is 105 Å². The fourth-order valence-electron chi connectivity index (χ4n) is 1.46. The summed E-state index contributed by atoms with van der Waals surface area (Å²) in [5, 5.41) is 24.2. The van der Waals surface area contributed by atoms with E-state index in [1.54, 1.807) is 0 Å². The van der Waals surface area contributed by atoms with E-state index in [0.29, 0.717) is 10.8 Å². The number of benzene rings is 1. The molecule has 0 unspecified atom stereocenters. The monoisotopic (exact) mass is 267 g/mol. The van der Waals surface area contributed by atoms with E-state index in [1.807, 2.05) is 0 Å². The summed E-state index contributed by atoms with van der Waals surface area (Å²) >= 11 is 0. The smallest absolute Gasteiger partial charge is 0.304 e. The average Bonchev–Trinajstić information content (AvgIpc) is 2.32. The molecule has 1 aromatic carbocycles. The number of halogens is 2. The van der Waals surface area contributed by atoms with E-state index in [2.05, 4.69) is 5.32 Å². The zero-order valence-corrected chi connectivity index (χ0v) is 9.34. The Balaban J connectivity index is 2.42. The Morgan fingerprint density at radius 3 is 2.58 bits per heavy atom. The molecule has 0 aliphatic rings. The lowest BCUT2D eigenvalue weighted by molar-refractivity contribution is -0.605. The van der Waals surface area contributed by atoms with Crippen LogP contribution in [0.5, 0.6) is 0 Å². The number of anilines is 2. The minimum absolute atomic E-state index is 0.171. The third kappa shape index (κ3) is 2.73. The number of nitro groups is 1. The SMILES string of the molecule is O=[N+]([O-])c1cc[n+]([O-])cc1Nc1ccc(F)cc1F. The highest BCUT2D eigenvalue weighted by Gasteiger charge is 2.18. The van der Waals surface area contributed by atoms with Gasteiger partial charge in [0, 0.05) is 6.07 Å². The lowest BCUT2D eigenvalue weighted by Crippen LogP contribution is -2.25. The van der Waals surface area contributed by atoms with Gasteiger partial charge in [0.1, 0.15) is 11.6 Å². The maximum atomic E-state index is 13.4. The summed E-state index contributed by atoms with van der Waals surface area (Å²) in [6.45, 7) is 0. The van der Waals surface area contributed by atoms with Crippen LogP contribution in [-0.2, 0) is 0 Å². The van der Waals surface area contributed by atoms with Gasteiger partial charge in [0.2, 0.25) is 6.20 Å². The van der Waals surface area contributed by atoms with Gasteiger partial charge in [-0.15, -0.1) is 0 Å². The van der Waals surface area contributed by atoms with Gasteiger partial charge in [-0.05, 0) is 12.1 Å². The van der Waals surface area contributed by atoms with E-state index >= 15 is 0 Å². The largest absolute Gasteiger partial charge is 0.619 e. The van der Waals surface area contributed by atoms with Crippen LogP contribution in [0.15, 0.2) is 36.7 Å². The molecule has 1 N–H and O–H groups in total. The van der Waals surface area contributed by atoms with Gasteiger partial charge in [-0.3, -0.25) is 10.1 Å². The second-order valence-electron chi connectivity index (χ2n) is 3.61. The highest BCUT2D eigenvalue weighted by atomic mass is 19.1. The van der Waals surface area contributed by atoms with Gasteiger partial charge in [-0.2, -0.15) is 4.73 Å². The van der Waals surface area contributed by atoms with Crippen LogP contribution >= 0.6 is 0 Å². The first-order valence-corrected chi connectivity index (χ1v) is 5.06. The van der Waals surface area contributed by atoms with Crippen LogP contribution in [-0.4, -0.2) is 4.92 Å². The maximum Gasteiger partial charge on any atom is 0.304 e. The van der Waals surface area contributed by atoms with E-state index in [4.69, 9.17) is 0 Å². The topological polar surface area (TPSA) is 82.1 Å². The quantitative estimate of drug-likeness (QED) is 0.400. The number of rotatable bonds is 3. The van der Waals surface area contributed by atoms with Crippen LogP contribution in [0.2, 0.25) is 0 Å². The predicted octanol–water partition coefficient (Wildman–Crippen LogP) is 2.25. The molecular formula is C11H7F2N3O3. The average molecular weight is 267 g/mol. The van der Waals surface area contributed by atoms with Crippen molar-refractivity contribution in [1.29, 1.82) is 0 Å². The Bertz CT molecular complexity index is 649. The summed E-state index contributed by atoms with van der Waals surface area (Å²) in [5.41, 5.74) is -0.750. The first kappa shape index (κ1) is 12.7. The normalized spacial score (nSPS) is 10.2. The molecule has 0 atom stereocenters. The van der Waals surface area contributed by atoms with E-state index in [-0.39, 0.29) is 11.4 Å². The van der Waals surface area contributed by atoms with E-state index in [1.165, 1.54) is 0 Å². The molecule has 0 spiro atoms. The molecule has 6 nitrogen and oxygen atoms in total. The van der Waals surface area contributed by atoms with Gasteiger partial charge in [0.15, 0.2) is 11.9 Å². The number of hydrogen-bond acceptors (Lipinski definition) is 4. The van der Waals surface area contributed by atoms with Crippen LogP contribution in [0, 0.1) is 27.0 Å². The molecule has 0 saturated heterocycles. The van der Waals surface area contributed by atoms with Crippen molar-refractivity contribution in [2.75, 3.05) is 5.32 Å². The Morgan fingerprint density at radius 2 is 1.95 bits per heavy atom. The number of nitrogens with zero attached hydrogens (tertiary/aromatic N) is 2. The molecular weight excluding hydrogens is 260 g/mol. The van der Waals surface area contributed by atoms with Gasteiger partial charge in [0.05, 0.1) is 16.7 Å². The minimum Gasteiger partial charge on any atom is -0.619 e. The lowest BCUT2D eigenvalue weighted by Gasteiger charge is -2.07. The van der Waals surface area contributed by atoms with Gasteiger partial charge >= 0.3 is 5.69 Å². The summed E-state index contributed by atoms with van der Waals surface area (Å²) in [5.74, 6) is -1.69. The molecule has 0 aliphatic heterocycles. The standard InChI is InChI=1S/C11H7F2N3O3/c12-7-1-2-9(8(13)5-7)14-10-6-15(17)4-3-11(10)16(18)19/h1-6,14H. The zero-order chi connectivity index (χ0) is 14.0. The minimum atomic E-state index is -0.921. The van der Waals surface area contributed by atoms with E-state index in [9.17, 15) is 24.1 Å². The molecule has 0 bridgehead atoms. The van der Waals surface area contributed by atoms with Crippen LogP contribution in [0.3, 0.4) is 0 Å². The van der Waals surface area contributed by atoms with Crippen LogP contribution in [0.25, 0.3) is 0 Å². The van der Waals surface area contributed by atoms with Crippen LogP contribution in [0.4, 0.5) is 25.8 Å². The summed E-state index contributed by atoms with van der Waals surface area (Å²) in [6.07, 6.45) is 1.84. The van der Waals surface area contributed by atoms with Gasteiger partial charge < -0.3 is 10.5 Å². The fourth-order valence-corrected chi connectivity index (χ4v) is 1.46. The highest BCUT2D eigenvalue weighted by molar-refractivity contribution is 5.67. The molecule has 2 rings (SSSR count). The third-order valence-electron chi connectivity index (χ3n) is 2.31. The molecule has 1 aromatic heterocycles. The summed E-state index contributed by atoms with van der Waals surface area (Å²) in [7, 11) is 0. The Kier molecular flexibility index (Phi) is 3.23. The van der Waals surface area contributed by atoms with Crippen molar-refractivity contribution < 1.29 is 18.4 Å². The maximum absolute atomic E-state index is 13.4. The molecule has 1 heterocycles. The van der Waals surface area contributed by atoms with Gasteiger partial charge in [0.25, 0.3) is 0 Å². The molecule has 98 valence electrons. The molecule has 0 saturated carbocycles. The fraction of sp³-hybridized carbons (Fsp3) is 0. The van der Waals surface area contributed by atoms with Crippen LogP contribution < -0.4 is 10.0 Å².